The number of hydrogen-bond acceptors (Lipinski definition) is 7. The van der Waals surface area contributed by atoms with Crippen LogP contribution in [0.3, 0.4) is 0 Å². The number of fused-ring (bicyclic) bond motifs is 1. The van der Waals surface area contributed by atoms with Crippen molar-refractivity contribution in [1.82, 2.24) is 25.0 Å². The Labute approximate surface area is 180 Å². The van der Waals surface area contributed by atoms with E-state index in [0.29, 0.717) is 19.8 Å². The van der Waals surface area contributed by atoms with Crippen molar-refractivity contribution < 1.29 is 4.74 Å². The topological polar surface area (TPSA) is 108 Å². The Kier molecular flexibility index (Phi) is 5.00. The number of hydrogen-bond donors (Lipinski definition) is 1. The van der Waals surface area contributed by atoms with Crippen molar-refractivity contribution in [2.45, 2.75) is 32.4 Å². The van der Waals surface area contributed by atoms with Crippen LogP contribution in [0, 0.1) is 11.3 Å². The molecule has 9 nitrogen and oxygen atoms in total. The third-order valence-corrected chi connectivity index (χ3v) is 5.91. The maximum Gasteiger partial charge on any atom is 0.128 e. The van der Waals surface area contributed by atoms with Gasteiger partial charge in [0.25, 0.3) is 0 Å². The van der Waals surface area contributed by atoms with E-state index in [2.05, 4.69) is 46.2 Å². The van der Waals surface area contributed by atoms with Crippen LogP contribution in [-0.4, -0.2) is 63.0 Å². The number of nitriles is 1. The summed E-state index contributed by atoms with van der Waals surface area (Å²) in [6, 6.07) is 8.38. The van der Waals surface area contributed by atoms with Crippen molar-refractivity contribution in [3.63, 3.8) is 0 Å². The van der Waals surface area contributed by atoms with Gasteiger partial charge in [-0.2, -0.15) is 15.5 Å². The van der Waals surface area contributed by atoms with Gasteiger partial charge in [0.05, 0.1) is 42.1 Å². The lowest BCUT2D eigenvalue weighted by molar-refractivity contribution is 0.0988. The zero-order valence-electron chi connectivity index (χ0n) is 17.6. The second kappa shape index (κ2) is 7.96. The molecule has 2 atom stereocenters. The Morgan fingerprint density at radius 1 is 1.29 bits per heavy atom. The van der Waals surface area contributed by atoms with Crippen molar-refractivity contribution >= 4 is 11.4 Å². The predicted octanol–water partition coefficient (Wildman–Crippen LogP) is 2.37. The summed E-state index contributed by atoms with van der Waals surface area (Å²) in [6.45, 7) is 7.44. The number of pyridine rings is 1. The molecule has 9 heteroatoms. The normalized spacial score (nSPS) is 20.8. The summed E-state index contributed by atoms with van der Waals surface area (Å²) in [5, 5.41) is 20.7. The molecule has 3 aromatic rings. The predicted molar refractivity (Wildman–Crippen MR) is 116 cm³/mol. The minimum Gasteiger partial charge on any atom is -0.377 e. The number of nitrogens with one attached hydrogen (secondary N) is 1. The highest BCUT2D eigenvalue weighted by atomic mass is 16.5. The van der Waals surface area contributed by atoms with Crippen LogP contribution >= 0.6 is 0 Å². The number of aliphatic imine (C=N–C) groups is 1. The fraction of sp³-hybridized carbons (Fsp3) is 0.409. The second-order valence-corrected chi connectivity index (χ2v) is 8.00. The van der Waals surface area contributed by atoms with Crippen molar-refractivity contribution in [2.24, 2.45) is 4.99 Å². The number of aromatic amines is 1. The third kappa shape index (κ3) is 3.39. The van der Waals surface area contributed by atoms with Gasteiger partial charge in [0, 0.05) is 48.7 Å². The zero-order chi connectivity index (χ0) is 21.4. The van der Waals surface area contributed by atoms with Gasteiger partial charge in [-0.15, -0.1) is 0 Å². The molecular formula is C22H24N8O. The molecule has 1 fully saturated rings. The minimum absolute atomic E-state index is 0.169. The smallest absolute Gasteiger partial charge is 0.128 e. The Morgan fingerprint density at radius 3 is 2.97 bits per heavy atom. The maximum atomic E-state index is 9.21. The molecule has 158 valence electrons. The van der Waals surface area contributed by atoms with E-state index in [1.807, 2.05) is 12.1 Å². The molecule has 0 aromatic carbocycles. The lowest BCUT2D eigenvalue weighted by atomic mass is 9.90. The molecule has 0 bridgehead atoms. The molecule has 0 saturated carbocycles. The van der Waals surface area contributed by atoms with Gasteiger partial charge in [0.15, 0.2) is 0 Å². The van der Waals surface area contributed by atoms with Crippen LogP contribution in [0.25, 0.3) is 11.4 Å². The van der Waals surface area contributed by atoms with E-state index in [9.17, 15) is 5.26 Å². The van der Waals surface area contributed by atoms with E-state index in [1.54, 1.807) is 17.1 Å². The van der Waals surface area contributed by atoms with Crippen molar-refractivity contribution in [1.29, 1.82) is 5.26 Å². The van der Waals surface area contributed by atoms with E-state index >= 15 is 0 Å². The summed E-state index contributed by atoms with van der Waals surface area (Å²) in [5.74, 6) is 0.234. The molecule has 1 N–H and O–H groups in total. The minimum atomic E-state index is 0.169. The number of ether oxygens (including phenoxy) is 1. The average molecular weight is 416 g/mol. The average Bonchev–Trinajstić information content (AvgIpc) is 3.46. The van der Waals surface area contributed by atoms with E-state index in [0.717, 1.165) is 40.7 Å². The SMILES string of the molecule is CC1CN=C(c2ccn[nH]2)c2nc(-c3ccnn3CC#N)cc(N3CCOC[C@H]3C)c21. The number of anilines is 1. The first-order chi connectivity index (χ1) is 15.2. The van der Waals surface area contributed by atoms with Crippen LogP contribution in [0.2, 0.25) is 0 Å². The number of rotatable bonds is 4. The molecule has 0 aliphatic carbocycles. The van der Waals surface area contributed by atoms with Crippen LogP contribution in [0.1, 0.15) is 36.7 Å². The van der Waals surface area contributed by atoms with E-state index < -0.39 is 0 Å². The van der Waals surface area contributed by atoms with E-state index in [-0.39, 0.29) is 18.5 Å². The highest BCUT2D eigenvalue weighted by Crippen LogP contribution is 2.38. The van der Waals surface area contributed by atoms with Crippen LogP contribution in [0.5, 0.6) is 0 Å². The molecule has 5 heterocycles. The van der Waals surface area contributed by atoms with Gasteiger partial charge in [-0.05, 0) is 25.1 Å². The van der Waals surface area contributed by atoms with Crippen LogP contribution in [-0.2, 0) is 11.3 Å². The van der Waals surface area contributed by atoms with Gasteiger partial charge in [-0.25, -0.2) is 9.67 Å². The summed E-state index contributed by atoms with van der Waals surface area (Å²) < 4.78 is 7.37. The molecule has 2 aliphatic heterocycles. The number of aromatic nitrogens is 5. The van der Waals surface area contributed by atoms with Gasteiger partial charge >= 0.3 is 0 Å². The first-order valence-corrected chi connectivity index (χ1v) is 10.5. The summed E-state index contributed by atoms with van der Waals surface area (Å²) in [6.07, 6.45) is 3.43. The fourth-order valence-electron chi connectivity index (χ4n) is 4.40. The quantitative estimate of drug-likeness (QED) is 0.700. The van der Waals surface area contributed by atoms with Gasteiger partial charge < -0.3 is 9.64 Å². The highest BCUT2D eigenvalue weighted by molar-refractivity contribution is 6.13. The monoisotopic (exact) mass is 416 g/mol. The van der Waals surface area contributed by atoms with Gasteiger partial charge in [0.2, 0.25) is 0 Å². The zero-order valence-corrected chi connectivity index (χ0v) is 17.6. The van der Waals surface area contributed by atoms with Crippen molar-refractivity contribution in [3.05, 3.63) is 47.5 Å². The standard InChI is InChI=1S/C22H24N8O/c1-14-12-24-21(16-3-6-25-28-16)22-20(14)19(29-9-10-31-13-15(29)2)11-17(27-22)18-4-7-26-30(18)8-5-23/h3-4,6-7,11,14-15H,8-10,12-13H2,1-2H3,(H,25,28)/t14?,15-/m1/s1. The Bertz CT molecular complexity index is 1160. The van der Waals surface area contributed by atoms with Gasteiger partial charge in [-0.3, -0.25) is 10.1 Å². The molecule has 31 heavy (non-hydrogen) atoms. The van der Waals surface area contributed by atoms with E-state index in [4.69, 9.17) is 14.7 Å². The lowest BCUT2D eigenvalue weighted by Gasteiger charge is -2.38. The molecule has 0 amide bonds. The highest BCUT2D eigenvalue weighted by Gasteiger charge is 2.31. The molecule has 1 saturated heterocycles. The van der Waals surface area contributed by atoms with Crippen molar-refractivity contribution in [2.75, 3.05) is 31.2 Å². The third-order valence-electron chi connectivity index (χ3n) is 5.91. The molecular weight excluding hydrogens is 392 g/mol. The van der Waals surface area contributed by atoms with Crippen molar-refractivity contribution in [3.8, 4) is 17.5 Å². The second-order valence-electron chi connectivity index (χ2n) is 8.00. The first-order valence-electron chi connectivity index (χ1n) is 10.5. The summed E-state index contributed by atoms with van der Waals surface area (Å²) in [7, 11) is 0. The number of morpholine rings is 1. The molecule has 5 rings (SSSR count). The number of H-pyrrole nitrogens is 1. The maximum absolute atomic E-state index is 9.21. The molecule has 3 aromatic heterocycles. The molecule has 0 radical (unpaired) electrons. The van der Waals surface area contributed by atoms with Gasteiger partial charge in [0.1, 0.15) is 12.3 Å². The Morgan fingerprint density at radius 2 is 2.19 bits per heavy atom. The largest absolute Gasteiger partial charge is 0.377 e. The van der Waals surface area contributed by atoms with Crippen LogP contribution in [0.15, 0.2) is 35.6 Å². The summed E-state index contributed by atoms with van der Waals surface area (Å²) >= 11 is 0. The van der Waals surface area contributed by atoms with Crippen LogP contribution < -0.4 is 4.90 Å². The lowest BCUT2D eigenvalue weighted by Crippen LogP contribution is -2.44. The van der Waals surface area contributed by atoms with Gasteiger partial charge in [-0.1, -0.05) is 6.92 Å². The summed E-state index contributed by atoms with van der Waals surface area (Å²) in [5.41, 5.74) is 6.47. The van der Waals surface area contributed by atoms with Crippen LogP contribution in [0.4, 0.5) is 5.69 Å². The first kappa shape index (κ1) is 19.5. The fourth-order valence-corrected chi connectivity index (χ4v) is 4.40. The van der Waals surface area contributed by atoms with E-state index in [1.165, 1.54) is 5.56 Å². The Hall–Kier alpha value is -3.51. The molecule has 2 aliphatic rings. The summed E-state index contributed by atoms with van der Waals surface area (Å²) in [4.78, 5) is 12.3. The molecule has 0 spiro atoms. The Balaban J connectivity index is 1.74. The number of nitrogens with zero attached hydrogens (tertiary/aromatic N) is 7. The molecule has 1 unspecified atom stereocenters.